The standard InChI is InChI=1S/C4H9NO4/c1-3(6)4(2)9-5(7)8/h3-4,6H,1-2H3. The zero-order valence-corrected chi connectivity index (χ0v) is 5.27. The Balaban J connectivity index is 3.50. The van der Waals surface area contributed by atoms with E-state index in [1.807, 2.05) is 0 Å². The molecule has 9 heavy (non-hydrogen) atoms. The molecule has 5 heteroatoms. The highest BCUT2D eigenvalue weighted by Crippen LogP contribution is 1.96. The lowest BCUT2D eigenvalue weighted by Crippen LogP contribution is -2.25. The van der Waals surface area contributed by atoms with Crippen LogP contribution in [0.15, 0.2) is 0 Å². The van der Waals surface area contributed by atoms with Gasteiger partial charge in [0, 0.05) is 0 Å². The molecule has 0 aliphatic heterocycles. The molecule has 0 spiro atoms. The van der Waals surface area contributed by atoms with E-state index < -0.39 is 17.3 Å². The average Bonchev–Trinajstić information content (AvgIpc) is 1.63. The van der Waals surface area contributed by atoms with Crippen LogP contribution in [-0.4, -0.2) is 22.4 Å². The molecule has 0 radical (unpaired) electrons. The van der Waals surface area contributed by atoms with Crippen LogP contribution in [0.2, 0.25) is 0 Å². The van der Waals surface area contributed by atoms with Crippen molar-refractivity contribution in [3.63, 3.8) is 0 Å². The summed E-state index contributed by atoms with van der Waals surface area (Å²) in [6.07, 6.45) is -1.56. The minimum atomic E-state index is -0.919. The summed E-state index contributed by atoms with van der Waals surface area (Å²) in [5.41, 5.74) is 0. The van der Waals surface area contributed by atoms with Crippen LogP contribution in [0.1, 0.15) is 13.8 Å². The highest BCUT2D eigenvalue weighted by Gasteiger charge is 2.11. The minimum absolute atomic E-state index is 0.750. The number of aliphatic hydroxyl groups excluding tert-OH is 1. The zero-order valence-electron chi connectivity index (χ0n) is 5.27. The maximum Gasteiger partial charge on any atom is 0.294 e. The van der Waals surface area contributed by atoms with Gasteiger partial charge in [0.1, 0.15) is 6.10 Å². The third kappa shape index (κ3) is 3.72. The van der Waals surface area contributed by atoms with Gasteiger partial charge in [-0.3, -0.25) is 0 Å². The van der Waals surface area contributed by atoms with E-state index in [2.05, 4.69) is 4.84 Å². The molecule has 0 rings (SSSR count). The van der Waals surface area contributed by atoms with Crippen LogP contribution in [0.5, 0.6) is 0 Å². The van der Waals surface area contributed by atoms with Crippen molar-refractivity contribution in [2.24, 2.45) is 0 Å². The normalized spacial score (nSPS) is 16.3. The molecule has 0 fully saturated rings. The van der Waals surface area contributed by atoms with Crippen LogP contribution < -0.4 is 0 Å². The SMILES string of the molecule is CC(O)C(C)O[N+](=O)[O-]. The molecule has 0 amide bonds. The fourth-order valence-corrected chi connectivity index (χ4v) is 0.224. The van der Waals surface area contributed by atoms with Crippen molar-refractivity contribution in [1.82, 2.24) is 0 Å². The van der Waals surface area contributed by atoms with Crippen LogP contribution in [0, 0.1) is 10.1 Å². The van der Waals surface area contributed by atoms with Gasteiger partial charge in [-0.1, -0.05) is 0 Å². The first-order valence-corrected chi connectivity index (χ1v) is 2.53. The summed E-state index contributed by atoms with van der Waals surface area (Å²) in [4.78, 5) is 13.6. The van der Waals surface area contributed by atoms with Gasteiger partial charge in [-0.15, -0.1) is 10.1 Å². The largest absolute Gasteiger partial charge is 0.391 e. The van der Waals surface area contributed by atoms with E-state index in [0.717, 1.165) is 0 Å². The number of rotatable bonds is 3. The Kier molecular flexibility index (Phi) is 2.94. The monoisotopic (exact) mass is 135 g/mol. The number of hydrogen-bond donors (Lipinski definition) is 1. The lowest BCUT2D eigenvalue weighted by molar-refractivity contribution is -0.769. The Hall–Kier alpha value is -0.840. The lowest BCUT2D eigenvalue weighted by Gasteiger charge is -2.10. The first-order chi connectivity index (χ1) is 4.04. The number of hydrogen-bond acceptors (Lipinski definition) is 4. The maximum absolute atomic E-state index is 9.59. The van der Waals surface area contributed by atoms with Gasteiger partial charge in [-0.05, 0) is 13.8 Å². The molecule has 0 bridgehead atoms. The number of nitrogens with zero attached hydrogens (tertiary/aromatic N) is 1. The van der Waals surface area contributed by atoms with E-state index in [0.29, 0.717) is 0 Å². The van der Waals surface area contributed by atoms with Gasteiger partial charge in [0.05, 0.1) is 6.10 Å². The summed E-state index contributed by atoms with van der Waals surface area (Å²) in [7, 11) is 0. The molecule has 0 aromatic rings. The fraction of sp³-hybridized carbons (Fsp3) is 1.00. The molecule has 0 saturated carbocycles. The van der Waals surface area contributed by atoms with Crippen LogP contribution in [0.4, 0.5) is 0 Å². The van der Waals surface area contributed by atoms with Crippen molar-refractivity contribution in [1.29, 1.82) is 0 Å². The molecule has 0 heterocycles. The average molecular weight is 135 g/mol. The molecule has 54 valence electrons. The molecular weight excluding hydrogens is 126 g/mol. The predicted octanol–water partition coefficient (Wildman–Crippen LogP) is -0.0360. The Morgan fingerprint density at radius 3 is 2.22 bits per heavy atom. The van der Waals surface area contributed by atoms with Crippen LogP contribution >= 0.6 is 0 Å². The maximum atomic E-state index is 9.59. The van der Waals surface area contributed by atoms with Gasteiger partial charge in [0.15, 0.2) is 0 Å². The smallest absolute Gasteiger partial charge is 0.294 e. The van der Waals surface area contributed by atoms with Gasteiger partial charge in [-0.2, -0.15) is 0 Å². The first-order valence-electron chi connectivity index (χ1n) is 2.53. The van der Waals surface area contributed by atoms with Crippen molar-refractivity contribution < 1.29 is 15.0 Å². The van der Waals surface area contributed by atoms with Crippen molar-refractivity contribution >= 4 is 0 Å². The van der Waals surface area contributed by atoms with E-state index in [9.17, 15) is 10.1 Å². The van der Waals surface area contributed by atoms with Crippen molar-refractivity contribution in [2.75, 3.05) is 0 Å². The molecule has 2 unspecified atom stereocenters. The summed E-state index contributed by atoms with van der Waals surface area (Å²) in [6, 6.07) is 0. The minimum Gasteiger partial charge on any atom is -0.391 e. The van der Waals surface area contributed by atoms with Gasteiger partial charge < -0.3 is 9.94 Å². The zero-order chi connectivity index (χ0) is 7.44. The topological polar surface area (TPSA) is 72.6 Å². The fourth-order valence-electron chi connectivity index (χ4n) is 0.224. The molecule has 0 aromatic carbocycles. The molecule has 0 aliphatic rings. The second kappa shape index (κ2) is 3.24. The summed E-state index contributed by atoms with van der Waals surface area (Å²) in [6.45, 7) is 2.85. The van der Waals surface area contributed by atoms with Crippen molar-refractivity contribution in [2.45, 2.75) is 26.1 Å². The summed E-state index contributed by atoms with van der Waals surface area (Å²) >= 11 is 0. The Morgan fingerprint density at radius 2 is 2.11 bits per heavy atom. The summed E-state index contributed by atoms with van der Waals surface area (Å²) in [5.74, 6) is 0. The third-order valence-corrected chi connectivity index (χ3v) is 0.932. The van der Waals surface area contributed by atoms with E-state index >= 15 is 0 Å². The van der Waals surface area contributed by atoms with Gasteiger partial charge in [-0.25, -0.2) is 0 Å². The van der Waals surface area contributed by atoms with E-state index in [1.165, 1.54) is 13.8 Å². The van der Waals surface area contributed by atoms with Crippen molar-refractivity contribution in [3.05, 3.63) is 10.1 Å². The second-order valence-electron chi connectivity index (χ2n) is 1.77. The molecule has 0 aromatic heterocycles. The van der Waals surface area contributed by atoms with Crippen LogP contribution in [0.25, 0.3) is 0 Å². The van der Waals surface area contributed by atoms with Crippen LogP contribution in [0.3, 0.4) is 0 Å². The highest BCUT2D eigenvalue weighted by atomic mass is 17.0. The van der Waals surface area contributed by atoms with Gasteiger partial charge >= 0.3 is 0 Å². The van der Waals surface area contributed by atoms with E-state index in [4.69, 9.17) is 5.11 Å². The Morgan fingerprint density at radius 1 is 1.67 bits per heavy atom. The third-order valence-electron chi connectivity index (χ3n) is 0.932. The van der Waals surface area contributed by atoms with Gasteiger partial charge in [0.2, 0.25) is 0 Å². The Bertz CT molecular complexity index is 103. The number of aliphatic hydroxyl groups is 1. The quantitative estimate of drug-likeness (QED) is 0.435. The molecule has 0 saturated heterocycles. The highest BCUT2D eigenvalue weighted by molar-refractivity contribution is 4.53. The molecule has 5 nitrogen and oxygen atoms in total. The second-order valence-corrected chi connectivity index (χ2v) is 1.77. The summed E-state index contributed by atoms with van der Waals surface area (Å²) in [5, 5.41) is 17.3. The molecule has 0 aliphatic carbocycles. The first kappa shape index (κ1) is 8.16. The lowest BCUT2D eigenvalue weighted by atomic mass is 10.3. The summed E-state index contributed by atoms with van der Waals surface area (Å²) < 4.78 is 0. The van der Waals surface area contributed by atoms with E-state index in [1.54, 1.807) is 0 Å². The van der Waals surface area contributed by atoms with Crippen molar-refractivity contribution in [3.8, 4) is 0 Å². The molecule has 2 atom stereocenters. The molecular formula is C4H9NO4. The van der Waals surface area contributed by atoms with E-state index in [-0.39, 0.29) is 0 Å². The van der Waals surface area contributed by atoms with Crippen LogP contribution in [-0.2, 0) is 4.84 Å². The Labute approximate surface area is 52.3 Å². The predicted molar refractivity (Wildman–Crippen MR) is 29.2 cm³/mol. The van der Waals surface area contributed by atoms with Gasteiger partial charge in [0.25, 0.3) is 5.09 Å². The molecule has 1 N–H and O–H groups in total.